The summed E-state index contributed by atoms with van der Waals surface area (Å²) in [6.07, 6.45) is 0. The zero-order chi connectivity index (χ0) is 19.4. The fourth-order valence-electron chi connectivity index (χ4n) is 2.11. The number of aromatic hydroxyl groups is 2. The van der Waals surface area contributed by atoms with E-state index < -0.39 is 35.4 Å². The van der Waals surface area contributed by atoms with Crippen LogP contribution in [-0.2, 0) is 4.79 Å². The molecule has 0 saturated heterocycles. The Bertz CT molecular complexity index is 853. The summed E-state index contributed by atoms with van der Waals surface area (Å²) in [5.41, 5.74) is 0.217. The number of rotatable bonds is 4. The fraction of sp³-hybridized carbons (Fsp3) is 0.118. The molecule has 9 heteroatoms. The standard InChI is InChI=1S/C17H15ClN2O6/c1-20(15(23)9-2-5-11(18)6-3-9)17(26)19-14(16(24)25)10-4-7-12(21)13(22)8-10/h2-8,14,21-22H,1H3,(H,19,26)(H,24,25). The summed E-state index contributed by atoms with van der Waals surface area (Å²) in [5.74, 6) is -3.03. The Morgan fingerprint density at radius 2 is 1.65 bits per heavy atom. The number of phenols is 2. The van der Waals surface area contributed by atoms with Gasteiger partial charge in [0, 0.05) is 17.6 Å². The normalized spacial score (nSPS) is 11.5. The number of carbonyl (C=O) groups excluding carboxylic acids is 2. The number of amides is 3. The molecule has 0 spiro atoms. The van der Waals surface area contributed by atoms with Gasteiger partial charge in [-0.15, -0.1) is 0 Å². The molecule has 0 aliphatic carbocycles. The molecule has 0 aromatic heterocycles. The van der Waals surface area contributed by atoms with Crippen LogP contribution in [0.2, 0.25) is 5.02 Å². The van der Waals surface area contributed by atoms with Crippen molar-refractivity contribution >= 4 is 29.5 Å². The van der Waals surface area contributed by atoms with Crippen molar-refractivity contribution in [2.45, 2.75) is 6.04 Å². The van der Waals surface area contributed by atoms with Gasteiger partial charge in [-0.3, -0.25) is 9.69 Å². The highest BCUT2D eigenvalue weighted by Crippen LogP contribution is 2.28. The van der Waals surface area contributed by atoms with Gasteiger partial charge in [0.1, 0.15) is 0 Å². The molecule has 1 atom stereocenters. The fourth-order valence-corrected chi connectivity index (χ4v) is 2.23. The molecule has 0 radical (unpaired) electrons. The predicted octanol–water partition coefficient (Wildman–Crippen LogP) is 2.36. The lowest BCUT2D eigenvalue weighted by Gasteiger charge is -2.20. The Labute approximate surface area is 153 Å². The lowest BCUT2D eigenvalue weighted by molar-refractivity contribution is -0.139. The van der Waals surface area contributed by atoms with Crippen molar-refractivity contribution in [3.63, 3.8) is 0 Å². The van der Waals surface area contributed by atoms with E-state index in [1.54, 1.807) is 0 Å². The Morgan fingerprint density at radius 3 is 2.19 bits per heavy atom. The zero-order valence-corrected chi connectivity index (χ0v) is 14.3. The molecule has 0 aliphatic heterocycles. The molecule has 0 fully saturated rings. The average molecular weight is 379 g/mol. The molecule has 2 aromatic rings. The van der Waals surface area contributed by atoms with Crippen LogP contribution in [0, 0.1) is 0 Å². The van der Waals surface area contributed by atoms with Gasteiger partial charge in [0.15, 0.2) is 17.5 Å². The van der Waals surface area contributed by atoms with Crippen LogP contribution >= 0.6 is 11.6 Å². The highest BCUT2D eigenvalue weighted by molar-refractivity contribution is 6.30. The molecule has 0 saturated carbocycles. The topological polar surface area (TPSA) is 127 Å². The summed E-state index contributed by atoms with van der Waals surface area (Å²) in [6, 6.07) is 6.68. The zero-order valence-electron chi connectivity index (χ0n) is 13.5. The number of carbonyl (C=O) groups is 3. The molecule has 0 bridgehead atoms. The van der Waals surface area contributed by atoms with Gasteiger partial charge < -0.3 is 20.6 Å². The van der Waals surface area contributed by atoms with E-state index in [1.807, 2.05) is 0 Å². The molecular weight excluding hydrogens is 364 g/mol. The van der Waals surface area contributed by atoms with Crippen molar-refractivity contribution in [3.05, 3.63) is 58.6 Å². The summed E-state index contributed by atoms with van der Waals surface area (Å²) in [4.78, 5) is 36.7. The number of hydrogen-bond acceptors (Lipinski definition) is 5. The number of aliphatic carboxylic acids is 1. The van der Waals surface area contributed by atoms with E-state index in [-0.39, 0.29) is 11.1 Å². The third kappa shape index (κ3) is 4.22. The van der Waals surface area contributed by atoms with E-state index in [4.69, 9.17) is 11.6 Å². The van der Waals surface area contributed by atoms with Crippen LogP contribution in [0.25, 0.3) is 0 Å². The quantitative estimate of drug-likeness (QED) is 0.605. The molecule has 136 valence electrons. The number of carboxylic acids is 1. The molecule has 0 heterocycles. The number of halogens is 1. The first-order valence-electron chi connectivity index (χ1n) is 7.29. The number of benzene rings is 2. The third-order valence-electron chi connectivity index (χ3n) is 3.55. The van der Waals surface area contributed by atoms with Gasteiger partial charge >= 0.3 is 12.0 Å². The van der Waals surface area contributed by atoms with Crippen molar-refractivity contribution in [3.8, 4) is 11.5 Å². The Kier molecular flexibility index (Phi) is 5.68. The molecule has 3 amide bonds. The second kappa shape index (κ2) is 7.75. The minimum absolute atomic E-state index is 0.0218. The molecule has 4 N–H and O–H groups in total. The van der Waals surface area contributed by atoms with Gasteiger partial charge in [0.05, 0.1) is 0 Å². The number of nitrogens with zero attached hydrogens (tertiary/aromatic N) is 1. The van der Waals surface area contributed by atoms with Gasteiger partial charge in [-0.2, -0.15) is 0 Å². The van der Waals surface area contributed by atoms with E-state index in [0.717, 1.165) is 17.0 Å². The monoisotopic (exact) mass is 378 g/mol. The number of hydrogen-bond donors (Lipinski definition) is 4. The first-order valence-corrected chi connectivity index (χ1v) is 7.67. The lowest BCUT2D eigenvalue weighted by Crippen LogP contribution is -2.44. The van der Waals surface area contributed by atoms with Crippen LogP contribution in [0.3, 0.4) is 0 Å². The summed E-state index contributed by atoms with van der Waals surface area (Å²) in [6.45, 7) is 0. The van der Waals surface area contributed by atoms with Crippen LogP contribution in [-0.4, -0.2) is 45.2 Å². The van der Waals surface area contributed by atoms with E-state index in [1.165, 1.54) is 37.4 Å². The molecule has 1 unspecified atom stereocenters. The van der Waals surface area contributed by atoms with Crippen molar-refractivity contribution in [2.24, 2.45) is 0 Å². The summed E-state index contributed by atoms with van der Waals surface area (Å²) >= 11 is 5.75. The Balaban J connectivity index is 2.18. The van der Waals surface area contributed by atoms with Crippen LogP contribution < -0.4 is 5.32 Å². The number of carboxylic acid groups (broad SMARTS) is 1. The Morgan fingerprint density at radius 1 is 1.04 bits per heavy atom. The summed E-state index contributed by atoms with van der Waals surface area (Å²) in [7, 11) is 1.19. The molecule has 0 aliphatic rings. The van der Waals surface area contributed by atoms with E-state index >= 15 is 0 Å². The van der Waals surface area contributed by atoms with E-state index in [2.05, 4.69) is 5.32 Å². The van der Waals surface area contributed by atoms with Crippen molar-refractivity contribution in [1.82, 2.24) is 10.2 Å². The highest BCUT2D eigenvalue weighted by atomic mass is 35.5. The van der Waals surface area contributed by atoms with Crippen molar-refractivity contribution in [1.29, 1.82) is 0 Å². The van der Waals surface area contributed by atoms with E-state index in [0.29, 0.717) is 5.02 Å². The smallest absolute Gasteiger partial charge is 0.330 e. The number of nitrogens with one attached hydrogen (secondary N) is 1. The average Bonchev–Trinajstić information content (AvgIpc) is 2.61. The minimum atomic E-state index is -1.53. The maximum atomic E-state index is 12.3. The minimum Gasteiger partial charge on any atom is -0.504 e. The van der Waals surface area contributed by atoms with Crippen molar-refractivity contribution < 1.29 is 29.7 Å². The SMILES string of the molecule is CN(C(=O)NC(C(=O)O)c1ccc(O)c(O)c1)C(=O)c1ccc(Cl)cc1. The van der Waals surface area contributed by atoms with Gasteiger partial charge in [0.2, 0.25) is 0 Å². The molecular formula is C17H15ClN2O6. The second-order valence-electron chi connectivity index (χ2n) is 5.34. The van der Waals surface area contributed by atoms with Crippen LogP contribution in [0.15, 0.2) is 42.5 Å². The maximum absolute atomic E-state index is 12.3. The number of imide groups is 1. The van der Waals surface area contributed by atoms with Crippen LogP contribution in [0.1, 0.15) is 22.0 Å². The largest absolute Gasteiger partial charge is 0.504 e. The highest BCUT2D eigenvalue weighted by Gasteiger charge is 2.27. The predicted molar refractivity (Wildman–Crippen MR) is 92.2 cm³/mol. The number of phenolic OH excluding ortho intramolecular Hbond substituents is 2. The number of urea groups is 1. The first kappa shape index (κ1) is 19.1. The van der Waals surface area contributed by atoms with Gasteiger partial charge in [-0.1, -0.05) is 17.7 Å². The maximum Gasteiger partial charge on any atom is 0.330 e. The lowest BCUT2D eigenvalue weighted by atomic mass is 10.1. The third-order valence-corrected chi connectivity index (χ3v) is 3.80. The second-order valence-corrected chi connectivity index (χ2v) is 5.78. The Hall–Kier alpha value is -3.26. The van der Waals surface area contributed by atoms with Crippen LogP contribution in [0.5, 0.6) is 11.5 Å². The summed E-state index contributed by atoms with van der Waals surface area (Å²) < 4.78 is 0. The molecule has 2 aromatic carbocycles. The van der Waals surface area contributed by atoms with Gasteiger partial charge in [0.25, 0.3) is 5.91 Å². The molecule has 2 rings (SSSR count). The van der Waals surface area contributed by atoms with E-state index in [9.17, 15) is 29.7 Å². The molecule has 8 nitrogen and oxygen atoms in total. The summed E-state index contributed by atoms with van der Waals surface area (Å²) in [5, 5.41) is 30.7. The van der Waals surface area contributed by atoms with Gasteiger partial charge in [-0.25, -0.2) is 9.59 Å². The molecule has 26 heavy (non-hydrogen) atoms. The first-order chi connectivity index (χ1) is 12.2. The van der Waals surface area contributed by atoms with Gasteiger partial charge in [-0.05, 0) is 42.0 Å². The van der Waals surface area contributed by atoms with Crippen molar-refractivity contribution in [2.75, 3.05) is 7.05 Å². The van der Waals surface area contributed by atoms with Crippen LogP contribution in [0.4, 0.5) is 4.79 Å².